The summed E-state index contributed by atoms with van der Waals surface area (Å²) in [7, 11) is 0. The molecular weight excluding hydrogens is 418 g/mol. The fourth-order valence-corrected chi connectivity index (χ4v) is 3.49. The molecule has 0 saturated carbocycles. The number of nitrogens with one attached hydrogen (secondary N) is 1. The minimum absolute atomic E-state index is 0.201. The summed E-state index contributed by atoms with van der Waals surface area (Å²) < 4.78 is 33.8. The molecule has 3 aromatic rings. The molecule has 1 aromatic heterocycles. The van der Waals surface area contributed by atoms with Crippen LogP contribution >= 0.6 is 15.9 Å². The van der Waals surface area contributed by atoms with E-state index in [1.54, 1.807) is 18.3 Å². The highest BCUT2D eigenvalue weighted by molar-refractivity contribution is 9.10. The number of amides is 1. The van der Waals surface area contributed by atoms with E-state index in [4.69, 9.17) is 4.74 Å². The normalized spacial score (nSPS) is 12.4. The number of hydrogen-bond donors (Lipinski definition) is 1. The summed E-state index contributed by atoms with van der Waals surface area (Å²) in [5, 5.41) is 2.41. The van der Waals surface area contributed by atoms with Crippen LogP contribution in [0.1, 0.15) is 15.9 Å². The fourth-order valence-electron chi connectivity index (χ4n) is 2.94. The molecule has 0 saturated heterocycles. The topological polar surface area (TPSA) is 51.2 Å². The molecule has 7 heteroatoms. The maximum Gasteiger partial charge on any atom is 0.262 e. The Bertz CT molecular complexity index is 1020. The van der Waals surface area contributed by atoms with Crippen LogP contribution in [0.15, 0.2) is 53.1 Å². The summed E-state index contributed by atoms with van der Waals surface area (Å²) in [5.74, 6) is -1.66. The van der Waals surface area contributed by atoms with Gasteiger partial charge in [-0.2, -0.15) is 0 Å². The van der Waals surface area contributed by atoms with Crippen LogP contribution in [0, 0.1) is 11.6 Å². The summed E-state index contributed by atoms with van der Waals surface area (Å²) in [6.45, 7) is 0.668. The third-order valence-corrected chi connectivity index (χ3v) is 4.94. The van der Waals surface area contributed by atoms with Crippen molar-refractivity contribution < 1.29 is 18.3 Å². The molecule has 4 rings (SSSR count). The van der Waals surface area contributed by atoms with E-state index in [2.05, 4.69) is 26.2 Å². The summed E-state index contributed by atoms with van der Waals surface area (Å²) in [6, 6.07) is 10.6. The number of aromatic nitrogens is 1. The molecule has 4 nitrogen and oxygen atoms in total. The molecule has 0 atom stereocenters. The first-order valence-electron chi connectivity index (χ1n) is 8.20. The number of halogens is 3. The highest BCUT2D eigenvalue weighted by Crippen LogP contribution is 2.36. The molecule has 1 aliphatic rings. The number of fused-ring (bicyclic) bond motifs is 1. The van der Waals surface area contributed by atoms with Crippen LogP contribution < -0.4 is 10.1 Å². The zero-order valence-electron chi connectivity index (χ0n) is 13.9. The van der Waals surface area contributed by atoms with E-state index in [0.29, 0.717) is 6.61 Å². The second-order valence-electron chi connectivity index (χ2n) is 6.02. The quantitative estimate of drug-likeness (QED) is 0.637. The van der Waals surface area contributed by atoms with Crippen LogP contribution in [-0.4, -0.2) is 17.5 Å². The largest absolute Gasteiger partial charge is 0.493 e. The average molecular weight is 431 g/mol. The predicted molar refractivity (Wildman–Crippen MR) is 101 cm³/mol. The van der Waals surface area contributed by atoms with Gasteiger partial charge in [0.1, 0.15) is 28.8 Å². The predicted octanol–water partition coefficient (Wildman–Crippen LogP) is 4.98. The van der Waals surface area contributed by atoms with Crippen molar-refractivity contribution >= 4 is 27.7 Å². The first-order valence-corrected chi connectivity index (χ1v) is 8.99. The Hall–Kier alpha value is -2.80. The summed E-state index contributed by atoms with van der Waals surface area (Å²) in [5.41, 5.74) is 2.28. The van der Waals surface area contributed by atoms with Crippen LogP contribution in [0.2, 0.25) is 0 Å². The standard InChI is InChI=1S/C20H13BrF2N2O2/c21-14-9-17-11(6-7-27-17)8-13(14)12-4-5-18(24-10-12)25-20(26)19-15(22)2-1-3-16(19)23/h1-5,8-10H,6-7H2,(H,24,25,26). The number of rotatable bonds is 3. The van der Waals surface area contributed by atoms with E-state index < -0.39 is 23.1 Å². The van der Waals surface area contributed by atoms with E-state index in [1.165, 1.54) is 6.07 Å². The van der Waals surface area contributed by atoms with Crippen molar-refractivity contribution in [3.05, 3.63) is 75.9 Å². The Kier molecular flexibility index (Phi) is 4.61. The van der Waals surface area contributed by atoms with E-state index in [1.807, 2.05) is 12.1 Å². The highest BCUT2D eigenvalue weighted by atomic mass is 79.9. The lowest BCUT2D eigenvalue weighted by Gasteiger charge is -2.10. The Morgan fingerprint density at radius 3 is 2.63 bits per heavy atom. The first-order chi connectivity index (χ1) is 13.0. The molecule has 0 bridgehead atoms. The smallest absolute Gasteiger partial charge is 0.262 e. The maximum absolute atomic E-state index is 13.7. The van der Waals surface area contributed by atoms with E-state index in [-0.39, 0.29) is 5.82 Å². The minimum atomic E-state index is -0.923. The van der Waals surface area contributed by atoms with Gasteiger partial charge in [-0.3, -0.25) is 4.79 Å². The SMILES string of the molecule is O=C(Nc1ccc(-c2cc3c(cc2Br)OCC3)cn1)c1c(F)cccc1F. The van der Waals surface area contributed by atoms with Gasteiger partial charge in [0.2, 0.25) is 0 Å². The third-order valence-electron chi connectivity index (χ3n) is 4.29. The minimum Gasteiger partial charge on any atom is -0.493 e. The zero-order chi connectivity index (χ0) is 19.0. The lowest BCUT2D eigenvalue weighted by atomic mass is 10.0. The average Bonchev–Trinajstić information content (AvgIpc) is 3.09. The van der Waals surface area contributed by atoms with E-state index in [0.717, 1.165) is 45.5 Å². The van der Waals surface area contributed by atoms with E-state index >= 15 is 0 Å². The summed E-state index contributed by atoms with van der Waals surface area (Å²) in [6.07, 6.45) is 2.45. The van der Waals surface area contributed by atoms with Gasteiger partial charge in [0.05, 0.1) is 6.61 Å². The van der Waals surface area contributed by atoms with Gasteiger partial charge in [0, 0.05) is 22.7 Å². The lowest BCUT2D eigenvalue weighted by molar-refractivity contribution is 0.101. The van der Waals surface area contributed by atoms with Crippen LogP contribution in [-0.2, 0) is 6.42 Å². The Morgan fingerprint density at radius 1 is 1.15 bits per heavy atom. The second-order valence-corrected chi connectivity index (χ2v) is 6.88. The molecule has 0 unspecified atom stereocenters. The van der Waals surface area contributed by atoms with Crippen molar-refractivity contribution in [3.63, 3.8) is 0 Å². The summed E-state index contributed by atoms with van der Waals surface area (Å²) in [4.78, 5) is 16.3. The van der Waals surface area contributed by atoms with Gasteiger partial charge in [0.25, 0.3) is 5.91 Å². The summed E-state index contributed by atoms with van der Waals surface area (Å²) >= 11 is 3.53. The fraction of sp³-hybridized carbons (Fsp3) is 0.100. The van der Waals surface area contributed by atoms with E-state index in [9.17, 15) is 13.6 Å². The maximum atomic E-state index is 13.7. The monoisotopic (exact) mass is 430 g/mol. The molecule has 136 valence electrons. The molecule has 27 heavy (non-hydrogen) atoms. The van der Waals surface area contributed by atoms with Gasteiger partial charge in [0.15, 0.2) is 0 Å². The van der Waals surface area contributed by atoms with Crippen molar-refractivity contribution in [2.45, 2.75) is 6.42 Å². The van der Waals surface area contributed by atoms with Crippen LogP contribution in [0.5, 0.6) is 5.75 Å². The number of anilines is 1. The molecule has 1 N–H and O–H groups in total. The second kappa shape index (κ2) is 7.08. The number of nitrogens with zero attached hydrogens (tertiary/aromatic N) is 1. The van der Waals surface area contributed by atoms with Gasteiger partial charge < -0.3 is 10.1 Å². The molecule has 0 aliphatic carbocycles. The van der Waals surface area contributed by atoms with Gasteiger partial charge >= 0.3 is 0 Å². The van der Waals surface area contributed by atoms with Gasteiger partial charge in [-0.1, -0.05) is 22.0 Å². The molecule has 1 amide bonds. The van der Waals surface area contributed by atoms with Gasteiger partial charge in [-0.05, 0) is 47.5 Å². The van der Waals surface area contributed by atoms with Gasteiger partial charge in [-0.15, -0.1) is 0 Å². The van der Waals surface area contributed by atoms with Crippen molar-refractivity contribution in [1.29, 1.82) is 0 Å². The Morgan fingerprint density at radius 2 is 1.93 bits per heavy atom. The molecule has 1 aliphatic heterocycles. The number of benzene rings is 2. The van der Waals surface area contributed by atoms with Crippen molar-refractivity contribution in [2.24, 2.45) is 0 Å². The van der Waals surface area contributed by atoms with Crippen molar-refractivity contribution in [3.8, 4) is 16.9 Å². The van der Waals surface area contributed by atoms with Crippen molar-refractivity contribution in [2.75, 3.05) is 11.9 Å². The van der Waals surface area contributed by atoms with Crippen LogP contribution in [0.25, 0.3) is 11.1 Å². The molecule has 0 fully saturated rings. The van der Waals surface area contributed by atoms with Crippen LogP contribution in [0.4, 0.5) is 14.6 Å². The first kappa shape index (κ1) is 17.6. The Balaban J connectivity index is 1.57. The third kappa shape index (κ3) is 3.42. The van der Waals surface area contributed by atoms with Gasteiger partial charge in [-0.25, -0.2) is 13.8 Å². The molecule has 0 spiro atoms. The van der Waals surface area contributed by atoms with Crippen molar-refractivity contribution in [1.82, 2.24) is 4.98 Å². The number of carbonyl (C=O) groups is 1. The highest BCUT2D eigenvalue weighted by Gasteiger charge is 2.18. The lowest BCUT2D eigenvalue weighted by Crippen LogP contribution is -2.16. The molecular formula is C20H13BrF2N2O2. The molecule has 2 heterocycles. The Labute approximate surface area is 162 Å². The number of hydrogen-bond acceptors (Lipinski definition) is 3. The number of pyridine rings is 1. The molecule has 0 radical (unpaired) electrons. The van der Waals surface area contributed by atoms with Crippen LogP contribution in [0.3, 0.4) is 0 Å². The molecule has 2 aromatic carbocycles. The number of ether oxygens (including phenoxy) is 1. The number of carbonyl (C=O) groups excluding carboxylic acids is 1. The zero-order valence-corrected chi connectivity index (χ0v) is 15.5.